The Kier molecular flexibility index (Phi) is 3.21. The first-order chi connectivity index (χ1) is 11.2. The van der Waals surface area contributed by atoms with Crippen molar-refractivity contribution in [2.45, 2.75) is 64.9 Å². The van der Waals surface area contributed by atoms with Crippen molar-refractivity contribution in [2.24, 2.45) is 34.0 Å². The van der Waals surface area contributed by atoms with E-state index < -0.39 is 22.9 Å². The first kappa shape index (κ1) is 16.3. The lowest BCUT2D eigenvalue weighted by atomic mass is 9.40. The molecule has 4 fully saturated rings. The summed E-state index contributed by atoms with van der Waals surface area (Å²) < 4.78 is 0. The van der Waals surface area contributed by atoms with Gasteiger partial charge in [0.15, 0.2) is 5.78 Å². The van der Waals surface area contributed by atoms with Crippen LogP contribution >= 0.6 is 0 Å². The lowest BCUT2D eigenvalue weighted by Gasteiger charge is -2.63. The van der Waals surface area contributed by atoms with Gasteiger partial charge in [0, 0.05) is 11.3 Å². The number of ketones is 1. The van der Waals surface area contributed by atoms with E-state index in [0.717, 1.165) is 25.7 Å². The normalized spacial score (nSPS) is 53.5. The second-order valence-corrected chi connectivity index (χ2v) is 9.37. The van der Waals surface area contributed by atoms with Crippen molar-refractivity contribution in [3.8, 4) is 0 Å². The van der Waals surface area contributed by atoms with E-state index in [0.29, 0.717) is 24.8 Å². The largest absolute Gasteiger partial charge is 0.481 e. The molecule has 4 aliphatic carbocycles. The molecule has 24 heavy (non-hydrogen) atoms. The third-order valence-electron chi connectivity index (χ3n) is 8.41. The minimum absolute atomic E-state index is 0.0275. The highest BCUT2D eigenvalue weighted by Gasteiger charge is 2.70. The molecule has 0 aromatic rings. The van der Waals surface area contributed by atoms with Crippen LogP contribution in [0.4, 0.5) is 0 Å². The number of hydrogen-bond acceptors (Lipinski definition) is 3. The minimum atomic E-state index is -0.746. The number of allylic oxidation sites excluding steroid dienone is 1. The van der Waals surface area contributed by atoms with Gasteiger partial charge in [-0.1, -0.05) is 19.9 Å². The molecule has 0 amide bonds. The first-order valence-electron chi connectivity index (χ1n) is 9.32. The molecule has 4 heteroatoms. The summed E-state index contributed by atoms with van der Waals surface area (Å²) in [6.45, 7) is 8.06. The number of hydrogen-bond donors (Lipinski definition) is 2. The van der Waals surface area contributed by atoms with Crippen molar-refractivity contribution in [1.29, 1.82) is 0 Å². The molecular weight excluding hydrogens is 304 g/mol. The zero-order valence-electron chi connectivity index (χ0n) is 14.7. The van der Waals surface area contributed by atoms with Gasteiger partial charge in [-0.3, -0.25) is 9.59 Å². The number of aliphatic carboxylic acids is 1. The molecule has 0 aromatic carbocycles. The number of carboxylic acid groups (broad SMARTS) is 1. The fourth-order valence-corrected chi connectivity index (χ4v) is 7.48. The van der Waals surface area contributed by atoms with Crippen LogP contribution in [-0.2, 0) is 9.59 Å². The summed E-state index contributed by atoms with van der Waals surface area (Å²) in [7, 11) is 0. The number of rotatable bonds is 1. The predicted molar refractivity (Wildman–Crippen MR) is 89.2 cm³/mol. The number of carboxylic acids is 1. The molecule has 2 N–H and O–H groups in total. The zero-order valence-corrected chi connectivity index (χ0v) is 14.7. The molecule has 4 nitrogen and oxygen atoms in total. The van der Waals surface area contributed by atoms with Crippen LogP contribution in [0.1, 0.15) is 58.8 Å². The van der Waals surface area contributed by atoms with E-state index in [-0.39, 0.29) is 29.0 Å². The Morgan fingerprint density at radius 2 is 1.96 bits per heavy atom. The Labute approximate surface area is 143 Å². The van der Waals surface area contributed by atoms with Gasteiger partial charge in [0.1, 0.15) is 0 Å². The Hall–Kier alpha value is -1.16. The number of Topliss-reactive ketones (excluding diaryl/α,β-unsaturated/α-hetero) is 1. The monoisotopic (exact) mass is 332 g/mol. The smallest absolute Gasteiger partial charge is 0.309 e. The van der Waals surface area contributed by atoms with E-state index in [1.165, 1.54) is 0 Å². The van der Waals surface area contributed by atoms with E-state index in [4.69, 9.17) is 0 Å². The van der Waals surface area contributed by atoms with Crippen molar-refractivity contribution in [1.82, 2.24) is 0 Å². The number of aliphatic hydroxyl groups excluding tert-OH is 1. The minimum Gasteiger partial charge on any atom is -0.481 e. The molecule has 0 aromatic heterocycles. The van der Waals surface area contributed by atoms with Crippen LogP contribution in [0.25, 0.3) is 0 Å². The van der Waals surface area contributed by atoms with E-state index in [2.05, 4.69) is 13.5 Å². The molecule has 2 bridgehead atoms. The van der Waals surface area contributed by atoms with Gasteiger partial charge < -0.3 is 10.2 Å². The summed E-state index contributed by atoms with van der Waals surface area (Å²) in [4.78, 5) is 25.1. The van der Waals surface area contributed by atoms with E-state index in [9.17, 15) is 19.8 Å². The van der Waals surface area contributed by atoms with Gasteiger partial charge in [0.25, 0.3) is 0 Å². The van der Waals surface area contributed by atoms with Crippen LogP contribution in [0.15, 0.2) is 12.2 Å². The first-order valence-corrected chi connectivity index (χ1v) is 9.32. The van der Waals surface area contributed by atoms with E-state index in [1.807, 2.05) is 6.92 Å². The highest BCUT2D eigenvalue weighted by atomic mass is 16.4. The Bertz CT molecular complexity index is 640. The van der Waals surface area contributed by atoms with Crippen molar-refractivity contribution >= 4 is 11.8 Å². The highest BCUT2D eigenvalue weighted by molar-refractivity contribution is 6.03. The molecular formula is C20H28O4. The van der Waals surface area contributed by atoms with Crippen LogP contribution in [-0.4, -0.2) is 28.1 Å². The second-order valence-electron chi connectivity index (χ2n) is 9.37. The Balaban J connectivity index is 1.83. The molecule has 2 unspecified atom stereocenters. The van der Waals surface area contributed by atoms with Crippen molar-refractivity contribution in [3.63, 3.8) is 0 Å². The molecule has 0 radical (unpaired) electrons. The molecule has 1 spiro atoms. The van der Waals surface area contributed by atoms with E-state index in [1.54, 1.807) is 0 Å². The third-order valence-corrected chi connectivity index (χ3v) is 8.41. The van der Waals surface area contributed by atoms with Crippen molar-refractivity contribution < 1.29 is 19.8 Å². The van der Waals surface area contributed by atoms with Gasteiger partial charge in [-0.05, 0) is 68.3 Å². The number of fused-ring (bicyclic) bond motifs is 3. The summed E-state index contributed by atoms with van der Waals surface area (Å²) in [5, 5.41) is 20.9. The maximum Gasteiger partial charge on any atom is 0.309 e. The van der Waals surface area contributed by atoms with Gasteiger partial charge in [0.05, 0.1) is 11.5 Å². The van der Waals surface area contributed by atoms with E-state index >= 15 is 0 Å². The molecule has 4 saturated carbocycles. The average molecular weight is 332 g/mol. The quantitative estimate of drug-likeness (QED) is 0.723. The molecule has 7 atom stereocenters. The molecule has 0 saturated heterocycles. The predicted octanol–water partition coefficient (Wildman–Crippen LogP) is 3.19. The molecule has 4 rings (SSSR count). The maximum absolute atomic E-state index is 13.1. The van der Waals surface area contributed by atoms with Crippen LogP contribution in [0, 0.1) is 34.0 Å². The lowest BCUT2D eigenvalue weighted by Crippen LogP contribution is -2.62. The van der Waals surface area contributed by atoms with Crippen molar-refractivity contribution in [3.05, 3.63) is 12.2 Å². The summed E-state index contributed by atoms with van der Waals surface area (Å²) in [6.07, 6.45) is 4.86. The van der Waals surface area contributed by atoms with Crippen molar-refractivity contribution in [2.75, 3.05) is 0 Å². The van der Waals surface area contributed by atoms with Gasteiger partial charge in [0.2, 0.25) is 0 Å². The van der Waals surface area contributed by atoms with Crippen LogP contribution in [0.3, 0.4) is 0 Å². The molecule has 132 valence electrons. The average Bonchev–Trinajstić information content (AvgIpc) is 2.68. The second kappa shape index (κ2) is 4.72. The summed E-state index contributed by atoms with van der Waals surface area (Å²) in [6, 6.07) is 0. The maximum atomic E-state index is 13.1. The molecule has 4 aliphatic rings. The Morgan fingerprint density at radius 1 is 1.25 bits per heavy atom. The van der Waals surface area contributed by atoms with Gasteiger partial charge in [-0.15, -0.1) is 0 Å². The fraction of sp³-hybridized carbons (Fsp3) is 0.800. The number of carbonyl (C=O) groups is 2. The molecule has 0 aliphatic heterocycles. The lowest BCUT2D eigenvalue weighted by molar-refractivity contribution is -0.199. The van der Waals surface area contributed by atoms with Crippen LogP contribution in [0.2, 0.25) is 0 Å². The topological polar surface area (TPSA) is 74.6 Å². The number of aliphatic hydroxyl groups is 1. The molecule has 0 heterocycles. The van der Waals surface area contributed by atoms with Crippen LogP contribution < -0.4 is 0 Å². The van der Waals surface area contributed by atoms with Gasteiger partial charge in [-0.2, -0.15) is 0 Å². The SMILES string of the molecule is C=C1C(=O)[C@@]23CC[C@H]4[C@@](C)(CCC[C@@]4(C)C(=O)O)[C@@H]2C(O)CC1C3. The fourth-order valence-electron chi connectivity index (χ4n) is 7.48. The van der Waals surface area contributed by atoms with Gasteiger partial charge in [-0.25, -0.2) is 0 Å². The summed E-state index contributed by atoms with van der Waals surface area (Å²) >= 11 is 0. The zero-order chi connectivity index (χ0) is 17.5. The summed E-state index contributed by atoms with van der Waals surface area (Å²) in [5.41, 5.74) is -0.810. The Morgan fingerprint density at radius 3 is 2.62 bits per heavy atom. The number of carbonyl (C=O) groups excluding carboxylic acids is 1. The summed E-state index contributed by atoms with van der Waals surface area (Å²) in [5.74, 6) is -0.528. The standard InChI is InChI=1S/C20H28O4/c1-11-12-9-13(21)15-18(2)6-4-7-19(3,17(23)24)14(18)5-8-20(15,10-12)16(11)22/h12-15,21H,1,4-10H2,2-3H3,(H,23,24)/t12?,13?,14-,15-,18+,19+,20+/m0/s1. The van der Waals surface area contributed by atoms with Gasteiger partial charge >= 0.3 is 5.97 Å². The highest BCUT2D eigenvalue weighted by Crippen LogP contribution is 2.71. The third kappa shape index (κ3) is 1.68. The van der Waals surface area contributed by atoms with Crippen LogP contribution in [0.5, 0.6) is 0 Å².